The highest BCUT2D eigenvalue weighted by Gasteiger charge is 2.29. The maximum absolute atomic E-state index is 12.9. The Hall–Kier alpha value is -2.10. The molecule has 0 aliphatic rings. The lowest BCUT2D eigenvalue weighted by atomic mass is 10.3. The normalized spacial score (nSPS) is 11.2. The van der Waals surface area contributed by atoms with Gasteiger partial charge in [-0.15, -0.1) is 0 Å². The van der Waals surface area contributed by atoms with Crippen LogP contribution in [0.1, 0.15) is 6.92 Å². The number of nitrogens with one attached hydrogen (secondary N) is 2. The minimum Gasteiger partial charge on any atom is -0.390 e. The average Bonchev–Trinajstić information content (AvgIpc) is 2.37. The number of nitro groups is 1. The van der Waals surface area contributed by atoms with Gasteiger partial charge in [-0.25, -0.2) is 13.8 Å². The smallest absolute Gasteiger partial charge is 0.329 e. The fourth-order valence-electron chi connectivity index (χ4n) is 1.15. The van der Waals surface area contributed by atoms with Gasteiger partial charge in [0.2, 0.25) is 11.8 Å². The van der Waals surface area contributed by atoms with Gasteiger partial charge >= 0.3 is 5.69 Å². The molecule has 0 bridgehead atoms. The van der Waals surface area contributed by atoms with Crippen molar-refractivity contribution in [1.29, 1.82) is 0 Å². The quantitative estimate of drug-likeness (QED) is 0.500. The number of nitrogens with zero attached hydrogens (tertiary/aromatic N) is 3. The van der Waals surface area contributed by atoms with E-state index in [9.17, 15) is 18.9 Å². The molecule has 0 aliphatic carbocycles. The van der Waals surface area contributed by atoms with E-state index in [4.69, 9.17) is 5.11 Å². The molecule has 0 aromatic carbocycles. The van der Waals surface area contributed by atoms with E-state index in [1.807, 2.05) is 0 Å². The molecule has 1 heterocycles. The van der Waals surface area contributed by atoms with Crippen molar-refractivity contribution < 1.29 is 18.8 Å². The maximum atomic E-state index is 12.9. The minimum atomic E-state index is -3.39. The summed E-state index contributed by atoms with van der Waals surface area (Å²) in [5.74, 6) is -3.64. The maximum Gasteiger partial charge on any atom is 0.329 e. The van der Waals surface area contributed by atoms with Gasteiger partial charge in [0.15, 0.2) is 0 Å². The summed E-state index contributed by atoms with van der Waals surface area (Å²) < 4.78 is 25.8. The molecule has 19 heavy (non-hydrogen) atoms. The Labute approximate surface area is 107 Å². The summed E-state index contributed by atoms with van der Waals surface area (Å²) in [7, 11) is 0. The second kappa shape index (κ2) is 6.18. The summed E-state index contributed by atoms with van der Waals surface area (Å²) >= 11 is 0. The highest BCUT2D eigenvalue weighted by molar-refractivity contribution is 5.57. The lowest BCUT2D eigenvalue weighted by Gasteiger charge is -2.14. The number of rotatable bonds is 7. The number of aliphatic hydroxyl groups excluding tert-OH is 1. The molecule has 0 aliphatic heterocycles. The number of aliphatic hydroxyl groups is 1. The van der Waals surface area contributed by atoms with Gasteiger partial charge in [-0.2, -0.15) is 4.98 Å². The van der Waals surface area contributed by atoms with Gasteiger partial charge < -0.3 is 15.7 Å². The summed E-state index contributed by atoms with van der Waals surface area (Å²) in [5, 5.41) is 24.0. The van der Waals surface area contributed by atoms with E-state index in [0.717, 1.165) is 6.20 Å². The molecule has 3 N–H and O–H groups in total. The first-order chi connectivity index (χ1) is 8.89. The minimum absolute atomic E-state index is 0.0860. The van der Waals surface area contributed by atoms with E-state index in [2.05, 4.69) is 20.6 Å². The topological polar surface area (TPSA) is 113 Å². The summed E-state index contributed by atoms with van der Waals surface area (Å²) in [6, 6.07) is 0. The molecule has 106 valence electrons. The molecule has 10 heteroatoms. The second-order valence-corrected chi connectivity index (χ2v) is 3.58. The first-order valence-corrected chi connectivity index (χ1v) is 5.37. The predicted molar refractivity (Wildman–Crippen MR) is 63.4 cm³/mol. The van der Waals surface area contributed by atoms with Crippen molar-refractivity contribution in [2.75, 3.05) is 30.3 Å². The molecule has 8 nitrogen and oxygen atoms in total. The van der Waals surface area contributed by atoms with Crippen molar-refractivity contribution in [3.05, 3.63) is 16.3 Å². The predicted octanol–water partition coefficient (Wildman–Crippen LogP) is 0.856. The van der Waals surface area contributed by atoms with Crippen LogP contribution in [-0.2, 0) is 0 Å². The Balaban J connectivity index is 2.94. The number of hydrogen-bond donors (Lipinski definition) is 3. The van der Waals surface area contributed by atoms with E-state index in [-0.39, 0.29) is 11.8 Å². The third kappa shape index (κ3) is 4.25. The van der Waals surface area contributed by atoms with E-state index in [1.165, 1.54) is 0 Å². The molecule has 1 aromatic heterocycles. The Morgan fingerprint density at radius 3 is 2.74 bits per heavy atom. The van der Waals surface area contributed by atoms with Crippen molar-refractivity contribution in [1.82, 2.24) is 9.97 Å². The van der Waals surface area contributed by atoms with Crippen LogP contribution in [0.5, 0.6) is 0 Å². The molecule has 0 saturated heterocycles. The monoisotopic (exact) mass is 277 g/mol. The zero-order chi connectivity index (χ0) is 14.5. The Morgan fingerprint density at radius 1 is 1.53 bits per heavy atom. The van der Waals surface area contributed by atoms with Crippen LogP contribution in [0.2, 0.25) is 0 Å². The van der Waals surface area contributed by atoms with Crippen LogP contribution in [0.3, 0.4) is 0 Å². The molecule has 0 unspecified atom stereocenters. The molecule has 0 saturated carbocycles. The van der Waals surface area contributed by atoms with Gasteiger partial charge in [0.25, 0.3) is 5.92 Å². The van der Waals surface area contributed by atoms with Crippen LogP contribution < -0.4 is 10.6 Å². The fourth-order valence-corrected chi connectivity index (χ4v) is 1.15. The third-order valence-electron chi connectivity index (χ3n) is 2.05. The van der Waals surface area contributed by atoms with Crippen LogP contribution in [0.4, 0.5) is 26.2 Å². The van der Waals surface area contributed by atoms with Crippen LogP contribution in [-0.4, -0.2) is 45.6 Å². The number of anilines is 2. The Bertz CT molecular complexity index is 457. The van der Waals surface area contributed by atoms with Gasteiger partial charge in [-0.3, -0.25) is 10.1 Å². The first-order valence-electron chi connectivity index (χ1n) is 5.37. The Morgan fingerprint density at radius 2 is 2.21 bits per heavy atom. The van der Waals surface area contributed by atoms with Crippen LogP contribution in [0, 0.1) is 10.1 Å². The van der Waals surface area contributed by atoms with Gasteiger partial charge in [0.1, 0.15) is 12.8 Å². The number of alkyl halides is 2. The standard InChI is InChI=1S/C9H13F2N5O3/c1-2-12-8-13-3-6(16(18)19)7(15-8)14-4-9(10,11)5-17/h3,17H,2,4-5H2,1H3,(H2,12,13,14,15). The van der Waals surface area contributed by atoms with E-state index < -0.39 is 29.7 Å². The summed E-state index contributed by atoms with van der Waals surface area (Å²) in [6.07, 6.45) is 0.921. The first kappa shape index (κ1) is 15.0. The highest BCUT2D eigenvalue weighted by atomic mass is 19.3. The molecule has 1 aromatic rings. The summed E-state index contributed by atoms with van der Waals surface area (Å²) in [4.78, 5) is 17.3. The molecular formula is C9H13F2N5O3. The van der Waals surface area contributed by atoms with E-state index in [0.29, 0.717) is 6.54 Å². The van der Waals surface area contributed by atoms with Crippen LogP contribution in [0.25, 0.3) is 0 Å². The van der Waals surface area contributed by atoms with Crippen LogP contribution >= 0.6 is 0 Å². The lowest BCUT2D eigenvalue weighted by Crippen LogP contribution is -2.31. The average molecular weight is 277 g/mol. The van der Waals surface area contributed by atoms with Crippen LogP contribution in [0.15, 0.2) is 6.20 Å². The molecular weight excluding hydrogens is 264 g/mol. The van der Waals surface area contributed by atoms with Gasteiger partial charge in [-0.1, -0.05) is 0 Å². The molecule has 0 spiro atoms. The number of halogens is 2. The molecule has 0 fully saturated rings. The third-order valence-corrected chi connectivity index (χ3v) is 2.05. The van der Waals surface area contributed by atoms with Gasteiger partial charge in [0.05, 0.1) is 11.5 Å². The Kier molecular flexibility index (Phi) is 4.87. The lowest BCUT2D eigenvalue weighted by molar-refractivity contribution is -0.384. The second-order valence-electron chi connectivity index (χ2n) is 3.58. The van der Waals surface area contributed by atoms with Crippen molar-refractivity contribution in [3.8, 4) is 0 Å². The van der Waals surface area contributed by atoms with Crippen molar-refractivity contribution in [2.24, 2.45) is 0 Å². The van der Waals surface area contributed by atoms with Crippen molar-refractivity contribution in [3.63, 3.8) is 0 Å². The molecule has 0 atom stereocenters. The fraction of sp³-hybridized carbons (Fsp3) is 0.556. The number of aromatic nitrogens is 2. The van der Waals surface area contributed by atoms with E-state index >= 15 is 0 Å². The van der Waals surface area contributed by atoms with Crippen molar-refractivity contribution >= 4 is 17.5 Å². The summed E-state index contributed by atoms with van der Waals surface area (Å²) in [5.41, 5.74) is -0.518. The largest absolute Gasteiger partial charge is 0.390 e. The molecule has 1 rings (SSSR count). The zero-order valence-electron chi connectivity index (χ0n) is 10.1. The molecule has 0 amide bonds. The van der Waals surface area contributed by atoms with Gasteiger partial charge in [-0.05, 0) is 6.92 Å². The van der Waals surface area contributed by atoms with Crippen molar-refractivity contribution in [2.45, 2.75) is 12.8 Å². The highest BCUT2D eigenvalue weighted by Crippen LogP contribution is 2.23. The number of hydrogen-bond acceptors (Lipinski definition) is 7. The summed E-state index contributed by atoms with van der Waals surface area (Å²) in [6.45, 7) is -0.0896. The van der Waals surface area contributed by atoms with Gasteiger partial charge in [0, 0.05) is 6.54 Å². The zero-order valence-corrected chi connectivity index (χ0v) is 10.1. The SMILES string of the molecule is CCNc1ncc([N+](=O)[O-])c(NCC(F)(F)CO)n1. The van der Waals surface area contributed by atoms with E-state index in [1.54, 1.807) is 6.92 Å². The molecule has 0 radical (unpaired) electrons.